The van der Waals surface area contributed by atoms with Crippen LogP contribution < -0.4 is 4.90 Å². The Bertz CT molecular complexity index is 885. The minimum atomic E-state index is 0.0447. The zero-order chi connectivity index (χ0) is 20.6. The molecule has 0 atom stereocenters. The van der Waals surface area contributed by atoms with E-state index in [1.54, 1.807) is 6.26 Å². The van der Waals surface area contributed by atoms with Gasteiger partial charge in [0, 0.05) is 31.9 Å². The zero-order valence-electron chi connectivity index (χ0n) is 17.4. The predicted octanol–water partition coefficient (Wildman–Crippen LogP) is 5.56. The monoisotopic (exact) mass is 390 g/mol. The number of amides is 1. The molecule has 0 unspecified atom stereocenters. The number of piperazine rings is 1. The Morgan fingerprint density at radius 2 is 1.86 bits per heavy atom. The number of para-hydroxylation sites is 1. The Morgan fingerprint density at radius 1 is 1.14 bits per heavy atom. The fraction of sp³-hybridized carbons (Fsp3) is 0.320. The molecule has 1 aromatic carbocycles. The van der Waals surface area contributed by atoms with E-state index in [1.165, 1.54) is 16.8 Å². The molecule has 0 radical (unpaired) electrons. The van der Waals surface area contributed by atoms with E-state index >= 15 is 0 Å². The summed E-state index contributed by atoms with van der Waals surface area (Å²) in [6.07, 6.45) is 9.56. The van der Waals surface area contributed by atoms with Crippen LogP contribution in [-0.4, -0.2) is 37.0 Å². The molecule has 2 aromatic rings. The Hall–Kier alpha value is -3.01. The van der Waals surface area contributed by atoms with Crippen LogP contribution in [0, 0.1) is 0 Å². The molecule has 1 aromatic heterocycles. The first kappa shape index (κ1) is 20.7. The summed E-state index contributed by atoms with van der Waals surface area (Å²) >= 11 is 0. The number of hydrogen-bond donors (Lipinski definition) is 0. The highest BCUT2D eigenvalue weighted by Gasteiger charge is 2.23. The zero-order valence-corrected chi connectivity index (χ0v) is 17.4. The Balaban J connectivity index is 1.54. The normalized spacial score (nSPS) is 15.5. The van der Waals surface area contributed by atoms with Gasteiger partial charge in [-0.2, -0.15) is 0 Å². The van der Waals surface area contributed by atoms with Gasteiger partial charge in [-0.05, 0) is 51.0 Å². The van der Waals surface area contributed by atoms with Crippen LogP contribution in [0.15, 0.2) is 77.0 Å². The van der Waals surface area contributed by atoms with E-state index in [9.17, 15) is 4.79 Å². The summed E-state index contributed by atoms with van der Waals surface area (Å²) in [5, 5.41) is 0. The van der Waals surface area contributed by atoms with Crippen LogP contribution in [0.5, 0.6) is 0 Å². The number of carbonyl (C=O) groups is 1. The lowest BCUT2D eigenvalue weighted by atomic mass is 10.1. The lowest BCUT2D eigenvalue weighted by molar-refractivity contribution is 0.0746. The fourth-order valence-corrected chi connectivity index (χ4v) is 3.46. The average Bonchev–Trinajstić information content (AvgIpc) is 3.22. The molecule has 1 amide bonds. The third-order valence-electron chi connectivity index (χ3n) is 5.27. The Labute approximate surface area is 173 Å². The minimum absolute atomic E-state index is 0.0447. The number of anilines is 1. The first-order chi connectivity index (χ1) is 14.1. The molecule has 29 heavy (non-hydrogen) atoms. The van der Waals surface area contributed by atoms with Crippen molar-refractivity contribution in [1.82, 2.24) is 4.90 Å². The minimum Gasteiger partial charge on any atom is -0.464 e. The highest BCUT2D eigenvalue weighted by molar-refractivity contribution is 5.94. The van der Waals surface area contributed by atoms with E-state index in [2.05, 4.69) is 43.5 Å². The van der Waals surface area contributed by atoms with Crippen molar-refractivity contribution >= 4 is 17.7 Å². The van der Waals surface area contributed by atoms with Gasteiger partial charge in [0.25, 0.3) is 5.91 Å². The number of carbonyl (C=O) groups excluding carboxylic acids is 1. The highest BCUT2D eigenvalue weighted by atomic mass is 16.3. The van der Waals surface area contributed by atoms with Crippen molar-refractivity contribution in [2.45, 2.75) is 26.7 Å². The highest BCUT2D eigenvalue weighted by Crippen LogP contribution is 2.19. The van der Waals surface area contributed by atoms with Gasteiger partial charge < -0.3 is 14.2 Å². The van der Waals surface area contributed by atoms with Gasteiger partial charge in [-0.25, -0.2) is 0 Å². The fourth-order valence-electron chi connectivity index (χ4n) is 3.46. The van der Waals surface area contributed by atoms with Gasteiger partial charge in [0.1, 0.15) is 12.0 Å². The maximum atomic E-state index is 12.8. The first-order valence-electron chi connectivity index (χ1n) is 10.2. The van der Waals surface area contributed by atoms with Crippen molar-refractivity contribution in [2.24, 2.45) is 0 Å². The van der Waals surface area contributed by atoms with Gasteiger partial charge in [-0.15, -0.1) is 0 Å². The average molecular weight is 391 g/mol. The maximum Gasteiger partial charge on any atom is 0.257 e. The van der Waals surface area contributed by atoms with Crippen molar-refractivity contribution in [2.75, 3.05) is 31.1 Å². The van der Waals surface area contributed by atoms with Gasteiger partial charge in [-0.1, -0.05) is 48.1 Å². The molecular weight excluding hydrogens is 360 g/mol. The van der Waals surface area contributed by atoms with Gasteiger partial charge >= 0.3 is 0 Å². The van der Waals surface area contributed by atoms with Crippen LogP contribution in [-0.2, 0) is 0 Å². The van der Waals surface area contributed by atoms with Crippen molar-refractivity contribution in [3.63, 3.8) is 0 Å². The van der Waals surface area contributed by atoms with Crippen LogP contribution in [0.25, 0.3) is 6.08 Å². The van der Waals surface area contributed by atoms with Gasteiger partial charge in [0.15, 0.2) is 0 Å². The van der Waals surface area contributed by atoms with E-state index in [4.69, 9.17) is 4.42 Å². The molecule has 0 bridgehead atoms. The molecule has 2 heterocycles. The number of hydrogen-bond acceptors (Lipinski definition) is 3. The van der Waals surface area contributed by atoms with Crippen molar-refractivity contribution in [1.29, 1.82) is 0 Å². The van der Waals surface area contributed by atoms with Crippen LogP contribution in [0.2, 0.25) is 0 Å². The lowest BCUT2D eigenvalue weighted by Gasteiger charge is -2.36. The number of benzene rings is 1. The molecule has 1 fully saturated rings. The second kappa shape index (κ2) is 9.97. The Kier molecular flexibility index (Phi) is 7.12. The van der Waals surface area contributed by atoms with Crippen LogP contribution in [0.3, 0.4) is 0 Å². The summed E-state index contributed by atoms with van der Waals surface area (Å²) in [6, 6.07) is 12.2. The quantitative estimate of drug-likeness (QED) is 0.581. The summed E-state index contributed by atoms with van der Waals surface area (Å²) in [5.74, 6) is 0.779. The van der Waals surface area contributed by atoms with Crippen LogP contribution in [0.4, 0.5) is 5.69 Å². The largest absolute Gasteiger partial charge is 0.464 e. The van der Waals surface area contributed by atoms with E-state index in [0.29, 0.717) is 5.56 Å². The molecule has 4 heteroatoms. The number of nitrogens with zero attached hydrogens (tertiary/aromatic N) is 2. The number of allylic oxidation sites excluding steroid dienone is 4. The Morgan fingerprint density at radius 3 is 2.55 bits per heavy atom. The van der Waals surface area contributed by atoms with Crippen molar-refractivity contribution in [3.05, 3.63) is 83.9 Å². The summed E-state index contributed by atoms with van der Waals surface area (Å²) in [4.78, 5) is 17.1. The van der Waals surface area contributed by atoms with Gasteiger partial charge in [0.05, 0.1) is 5.56 Å². The second-order valence-corrected chi connectivity index (χ2v) is 7.53. The third kappa shape index (κ3) is 5.74. The van der Waals surface area contributed by atoms with Crippen LogP contribution in [0.1, 0.15) is 42.8 Å². The number of rotatable bonds is 7. The topological polar surface area (TPSA) is 36.7 Å². The lowest BCUT2D eigenvalue weighted by Crippen LogP contribution is -2.48. The van der Waals surface area contributed by atoms with E-state index < -0.39 is 0 Å². The molecule has 0 spiro atoms. The maximum absolute atomic E-state index is 12.8. The molecular formula is C25H30N2O2. The first-order valence-corrected chi connectivity index (χ1v) is 10.2. The molecule has 1 aliphatic rings. The van der Waals surface area contributed by atoms with Gasteiger partial charge in [0.2, 0.25) is 0 Å². The van der Waals surface area contributed by atoms with E-state index in [1.807, 2.05) is 41.3 Å². The van der Waals surface area contributed by atoms with Crippen molar-refractivity contribution < 1.29 is 9.21 Å². The summed E-state index contributed by atoms with van der Waals surface area (Å²) in [7, 11) is 0. The molecule has 0 saturated carbocycles. The predicted molar refractivity (Wildman–Crippen MR) is 120 cm³/mol. The van der Waals surface area contributed by atoms with E-state index in [0.717, 1.165) is 44.8 Å². The summed E-state index contributed by atoms with van der Waals surface area (Å²) in [6.45, 7) is 11.0. The van der Waals surface area contributed by atoms with Crippen molar-refractivity contribution in [3.8, 4) is 0 Å². The van der Waals surface area contributed by atoms with E-state index in [-0.39, 0.29) is 5.91 Å². The molecule has 3 rings (SSSR count). The molecule has 0 N–H and O–H groups in total. The number of furan rings is 1. The third-order valence-corrected chi connectivity index (χ3v) is 5.27. The summed E-state index contributed by atoms with van der Waals surface area (Å²) < 4.78 is 5.62. The standard InChI is InChI=1S/C25H30N2O2/c1-4-20(2)9-8-10-21(3)17-24-18-22(19-29-24)25(28)27-15-13-26(14-16-27)23-11-6-5-7-12-23/h4-7,9,11-12,17-19H,1,8,10,13-16H2,2-3H3/b20-9-,21-17+. The molecule has 1 aliphatic heterocycles. The van der Waals surface area contributed by atoms with Crippen LogP contribution >= 0.6 is 0 Å². The SMILES string of the molecule is C=C/C(C)=C\CC/C(C)=C/c1cc(C(=O)N2CCN(c3ccccc3)CC2)co1. The molecule has 0 aliphatic carbocycles. The smallest absolute Gasteiger partial charge is 0.257 e. The summed E-state index contributed by atoms with van der Waals surface area (Å²) in [5.41, 5.74) is 4.25. The van der Waals surface area contributed by atoms with Gasteiger partial charge in [-0.3, -0.25) is 4.79 Å². The second-order valence-electron chi connectivity index (χ2n) is 7.53. The molecule has 1 saturated heterocycles. The molecule has 152 valence electrons. The molecule has 4 nitrogen and oxygen atoms in total.